The summed E-state index contributed by atoms with van der Waals surface area (Å²) in [6.45, 7) is 0.782. The van der Waals surface area contributed by atoms with E-state index in [1.54, 1.807) is 24.3 Å². The maximum Gasteiger partial charge on any atom is 0.328 e. The second-order valence-electron chi connectivity index (χ2n) is 7.11. The van der Waals surface area contributed by atoms with Crippen molar-refractivity contribution in [3.63, 3.8) is 0 Å². The molecule has 27 heavy (non-hydrogen) atoms. The molecular weight excluding hydrogens is 364 g/mol. The molecule has 0 unspecified atom stereocenters. The third-order valence-electron chi connectivity index (χ3n) is 4.93. The van der Waals surface area contributed by atoms with Gasteiger partial charge >= 0.3 is 5.97 Å². The van der Waals surface area contributed by atoms with Gasteiger partial charge in [-0.1, -0.05) is 31.4 Å². The number of nitrogens with zero attached hydrogens (tertiary/aromatic N) is 2. The Bertz CT molecular complexity index is 937. The minimum Gasteiger partial charge on any atom is -0.478 e. The summed E-state index contributed by atoms with van der Waals surface area (Å²) >= 11 is 0. The van der Waals surface area contributed by atoms with Crippen LogP contribution in [0, 0.1) is 5.92 Å². The molecule has 6 nitrogen and oxygen atoms in total. The van der Waals surface area contributed by atoms with Crippen LogP contribution in [0.4, 0.5) is 0 Å². The quantitative estimate of drug-likeness (QED) is 0.763. The van der Waals surface area contributed by atoms with Crippen LogP contribution in [-0.4, -0.2) is 35.5 Å². The number of hydrogen-bond donors (Lipinski definition) is 1. The number of carboxylic acids is 1. The zero-order valence-electron chi connectivity index (χ0n) is 15.3. The predicted molar refractivity (Wildman–Crippen MR) is 104 cm³/mol. The smallest absolute Gasteiger partial charge is 0.328 e. The summed E-state index contributed by atoms with van der Waals surface area (Å²) < 4.78 is 25.3. The molecule has 1 aromatic carbocycles. The maximum absolute atomic E-state index is 11.7. The number of hydrogen-bond acceptors (Lipinski definition) is 4. The van der Waals surface area contributed by atoms with Crippen LogP contribution in [0.5, 0.6) is 0 Å². The Labute approximate surface area is 159 Å². The molecule has 0 aliphatic heterocycles. The van der Waals surface area contributed by atoms with Crippen LogP contribution >= 0.6 is 0 Å². The Kier molecular flexibility index (Phi) is 5.79. The first-order chi connectivity index (χ1) is 12.8. The molecule has 3 rings (SSSR count). The first-order valence-electron chi connectivity index (χ1n) is 9.12. The van der Waals surface area contributed by atoms with Crippen molar-refractivity contribution in [3.8, 4) is 11.3 Å². The number of carboxylic acid groups (broad SMARTS) is 1. The van der Waals surface area contributed by atoms with E-state index in [-0.39, 0.29) is 4.90 Å². The highest BCUT2D eigenvalue weighted by atomic mass is 32.2. The lowest BCUT2D eigenvalue weighted by atomic mass is 9.89. The number of benzene rings is 1. The maximum atomic E-state index is 11.7. The zero-order chi connectivity index (χ0) is 19.4. The van der Waals surface area contributed by atoms with Crippen LogP contribution < -0.4 is 0 Å². The van der Waals surface area contributed by atoms with Crippen LogP contribution in [0.3, 0.4) is 0 Å². The van der Waals surface area contributed by atoms with Crippen LogP contribution in [0.1, 0.15) is 37.8 Å². The monoisotopic (exact) mass is 388 g/mol. The van der Waals surface area contributed by atoms with Crippen molar-refractivity contribution in [2.24, 2.45) is 5.92 Å². The molecule has 1 saturated carbocycles. The molecule has 1 heterocycles. The molecular formula is C20H24N2O4S. The van der Waals surface area contributed by atoms with Crippen LogP contribution in [0.25, 0.3) is 17.3 Å². The van der Waals surface area contributed by atoms with Crippen molar-refractivity contribution in [2.45, 2.75) is 43.5 Å². The molecule has 0 spiro atoms. The summed E-state index contributed by atoms with van der Waals surface area (Å²) in [5.41, 5.74) is 2.31. The van der Waals surface area contributed by atoms with E-state index in [1.165, 1.54) is 44.4 Å². The van der Waals surface area contributed by atoms with E-state index in [4.69, 9.17) is 5.11 Å². The molecule has 1 fully saturated rings. The number of aromatic nitrogens is 2. The van der Waals surface area contributed by atoms with Gasteiger partial charge in [0.1, 0.15) is 0 Å². The molecule has 0 atom stereocenters. The highest BCUT2D eigenvalue weighted by molar-refractivity contribution is 7.90. The second kappa shape index (κ2) is 8.08. The van der Waals surface area contributed by atoms with Gasteiger partial charge in [0.05, 0.1) is 16.3 Å². The highest BCUT2D eigenvalue weighted by Gasteiger charge is 2.18. The summed E-state index contributed by atoms with van der Waals surface area (Å²) in [6, 6.07) is 8.58. The molecule has 0 saturated heterocycles. The molecule has 0 bridgehead atoms. The second-order valence-corrected chi connectivity index (χ2v) is 9.12. The van der Waals surface area contributed by atoms with Gasteiger partial charge in [-0.05, 0) is 48.6 Å². The van der Waals surface area contributed by atoms with Gasteiger partial charge in [0, 0.05) is 18.9 Å². The summed E-state index contributed by atoms with van der Waals surface area (Å²) in [4.78, 5) is 11.1. The first kappa shape index (κ1) is 19.4. The molecule has 7 heteroatoms. The number of sulfone groups is 1. The van der Waals surface area contributed by atoms with Crippen molar-refractivity contribution in [1.29, 1.82) is 0 Å². The number of rotatable bonds is 6. The number of carbonyl (C=O) groups is 1. The molecule has 0 radical (unpaired) electrons. The van der Waals surface area contributed by atoms with Crippen molar-refractivity contribution in [2.75, 3.05) is 6.26 Å². The van der Waals surface area contributed by atoms with Gasteiger partial charge in [-0.3, -0.25) is 4.68 Å². The van der Waals surface area contributed by atoms with Crippen LogP contribution in [-0.2, 0) is 21.2 Å². The van der Waals surface area contributed by atoms with E-state index in [2.05, 4.69) is 5.10 Å². The predicted octanol–water partition coefficient (Wildman–Crippen LogP) is 3.63. The Balaban J connectivity index is 1.94. The molecule has 1 aromatic heterocycles. The fraction of sp³-hybridized carbons (Fsp3) is 0.400. The van der Waals surface area contributed by atoms with Gasteiger partial charge in [-0.2, -0.15) is 5.10 Å². The summed E-state index contributed by atoms with van der Waals surface area (Å²) in [5.74, 6) is -0.458. The van der Waals surface area contributed by atoms with Crippen LogP contribution in [0.15, 0.2) is 41.3 Å². The van der Waals surface area contributed by atoms with E-state index >= 15 is 0 Å². The third-order valence-corrected chi connectivity index (χ3v) is 6.06. The highest BCUT2D eigenvalue weighted by Crippen LogP contribution is 2.28. The van der Waals surface area contributed by atoms with Gasteiger partial charge in [0.2, 0.25) is 0 Å². The third kappa shape index (κ3) is 5.07. The van der Waals surface area contributed by atoms with E-state index in [0.29, 0.717) is 11.6 Å². The normalized spacial score (nSPS) is 16.0. The summed E-state index contributed by atoms with van der Waals surface area (Å²) in [7, 11) is -3.25. The van der Waals surface area contributed by atoms with Crippen molar-refractivity contribution < 1.29 is 18.3 Å². The Morgan fingerprint density at radius 3 is 2.48 bits per heavy atom. The molecule has 0 amide bonds. The van der Waals surface area contributed by atoms with Crippen molar-refractivity contribution in [1.82, 2.24) is 9.78 Å². The van der Waals surface area contributed by atoms with Gasteiger partial charge in [0.15, 0.2) is 9.84 Å². The van der Waals surface area contributed by atoms with E-state index in [9.17, 15) is 13.2 Å². The zero-order valence-corrected chi connectivity index (χ0v) is 16.2. The molecule has 1 aliphatic rings. The van der Waals surface area contributed by atoms with Crippen molar-refractivity contribution in [3.05, 3.63) is 42.1 Å². The lowest BCUT2D eigenvalue weighted by Gasteiger charge is -2.22. The first-order valence-corrected chi connectivity index (χ1v) is 11.0. The standard InChI is InChI=1S/C20H24N2O4S/c1-27(25,26)18-10-7-16(8-11-18)19-13-17(9-12-20(23)24)21-22(19)14-15-5-3-2-4-6-15/h7-13,15H,2-6,14H2,1H3,(H,23,24). The van der Waals surface area contributed by atoms with E-state index in [0.717, 1.165) is 23.9 Å². The Morgan fingerprint density at radius 2 is 1.89 bits per heavy atom. The Morgan fingerprint density at radius 1 is 1.22 bits per heavy atom. The lowest BCUT2D eigenvalue weighted by Crippen LogP contribution is -2.15. The average molecular weight is 388 g/mol. The lowest BCUT2D eigenvalue weighted by molar-refractivity contribution is -0.131. The fourth-order valence-electron chi connectivity index (χ4n) is 3.53. The molecule has 2 aromatic rings. The molecule has 1 aliphatic carbocycles. The van der Waals surface area contributed by atoms with Crippen LogP contribution in [0.2, 0.25) is 0 Å². The Hall–Kier alpha value is -2.41. The fourth-order valence-corrected chi connectivity index (χ4v) is 4.16. The van der Waals surface area contributed by atoms with Gasteiger partial charge in [0.25, 0.3) is 0 Å². The van der Waals surface area contributed by atoms with Gasteiger partial charge < -0.3 is 5.11 Å². The van der Waals surface area contributed by atoms with E-state index < -0.39 is 15.8 Å². The largest absolute Gasteiger partial charge is 0.478 e. The van der Waals surface area contributed by atoms with Gasteiger partial charge in [-0.15, -0.1) is 0 Å². The van der Waals surface area contributed by atoms with E-state index in [1.807, 2.05) is 10.7 Å². The minimum absolute atomic E-state index is 0.274. The summed E-state index contributed by atoms with van der Waals surface area (Å²) in [6.07, 6.45) is 9.83. The molecule has 144 valence electrons. The van der Waals surface area contributed by atoms with Gasteiger partial charge in [-0.25, -0.2) is 13.2 Å². The summed E-state index contributed by atoms with van der Waals surface area (Å²) in [5, 5.41) is 13.4. The number of aliphatic carboxylic acids is 1. The average Bonchev–Trinajstić information content (AvgIpc) is 3.03. The SMILES string of the molecule is CS(=O)(=O)c1ccc(-c2cc(C=CC(=O)O)nn2CC2CCCCC2)cc1. The van der Waals surface area contributed by atoms with Crippen molar-refractivity contribution >= 4 is 21.9 Å². The molecule has 1 N–H and O–H groups in total. The minimum atomic E-state index is -3.25. The topological polar surface area (TPSA) is 89.3 Å².